The third-order valence-corrected chi connectivity index (χ3v) is 3.78. The largest absolute Gasteiger partial charge is 0.382 e. The molecule has 0 bridgehead atoms. The molecule has 0 saturated heterocycles. The Balaban J connectivity index is 1.96. The van der Waals surface area contributed by atoms with Gasteiger partial charge in [0.25, 0.3) is 0 Å². The molecule has 0 amide bonds. The van der Waals surface area contributed by atoms with Crippen LogP contribution in [0.4, 0.5) is 5.69 Å². The molecular formula is C13H20N2. The highest BCUT2D eigenvalue weighted by Crippen LogP contribution is 2.35. The van der Waals surface area contributed by atoms with Gasteiger partial charge < -0.3 is 5.32 Å². The first kappa shape index (κ1) is 10.5. The molecule has 2 rings (SSSR count). The van der Waals surface area contributed by atoms with Crippen molar-refractivity contribution >= 4 is 5.69 Å². The van der Waals surface area contributed by atoms with Crippen LogP contribution in [0.15, 0.2) is 24.5 Å². The van der Waals surface area contributed by atoms with E-state index in [1.54, 1.807) is 0 Å². The molecule has 0 aromatic carbocycles. The average molecular weight is 204 g/mol. The summed E-state index contributed by atoms with van der Waals surface area (Å²) in [4.78, 5) is 4.03. The van der Waals surface area contributed by atoms with E-state index in [0.29, 0.717) is 6.04 Å². The molecule has 3 unspecified atom stereocenters. The Bertz CT molecular complexity index is 297. The van der Waals surface area contributed by atoms with Crippen LogP contribution in [0.3, 0.4) is 0 Å². The van der Waals surface area contributed by atoms with Gasteiger partial charge >= 0.3 is 0 Å². The molecule has 1 saturated carbocycles. The van der Waals surface area contributed by atoms with Crippen molar-refractivity contribution < 1.29 is 0 Å². The van der Waals surface area contributed by atoms with Gasteiger partial charge in [0.2, 0.25) is 0 Å². The predicted molar refractivity (Wildman–Crippen MR) is 63.8 cm³/mol. The van der Waals surface area contributed by atoms with E-state index in [0.717, 1.165) is 11.8 Å². The number of nitrogens with zero attached hydrogens (tertiary/aromatic N) is 1. The van der Waals surface area contributed by atoms with Crippen molar-refractivity contribution in [3.63, 3.8) is 0 Å². The van der Waals surface area contributed by atoms with Crippen molar-refractivity contribution in [1.29, 1.82) is 0 Å². The lowest BCUT2D eigenvalue weighted by Gasteiger charge is -2.21. The monoisotopic (exact) mass is 204 g/mol. The van der Waals surface area contributed by atoms with Gasteiger partial charge in [-0.1, -0.05) is 20.3 Å². The van der Waals surface area contributed by atoms with Gasteiger partial charge in [-0.15, -0.1) is 0 Å². The molecule has 0 radical (unpaired) electrons. The second-order valence-electron chi connectivity index (χ2n) is 4.59. The van der Waals surface area contributed by atoms with Crippen LogP contribution in [0.2, 0.25) is 0 Å². The van der Waals surface area contributed by atoms with E-state index in [-0.39, 0.29) is 0 Å². The van der Waals surface area contributed by atoms with Crippen molar-refractivity contribution in [2.45, 2.75) is 39.2 Å². The summed E-state index contributed by atoms with van der Waals surface area (Å²) in [5.74, 6) is 1.70. The van der Waals surface area contributed by atoms with Crippen LogP contribution in [0.25, 0.3) is 0 Å². The summed E-state index contributed by atoms with van der Waals surface area (Å²) in [6.45, 7) is 4.68. The summed E-state index contributed by atoms with van der Waals surface area (Å²) in [6.07, 6.45) is 7.69. The zero-order valence-electron chi connectivity index (χ0n) is 9.61. The molecule has 1 aromatic heterocycles. The fourth-order valence-corrected chi connectivity index (χ4v) is 2.69. The van der Waals surface area contributed by atoms with E-state index in [1.165, 1.54) is 24.9 Å². The van der Waals surface area contributed by atoms with Gasteiger partial charge in [0.1, 0.15) is 0 Å². The molecule has 2 nitrogen and oxygen atoms in total. The standard InChI is InChI=1S/C13H20N2/c1-3-11-4-5-13(10(11)2)15-12-6-8-14-9-7-12/h6-11,13H,3-5H2,1-2H3,(H,14,15). The third kappa shape index (κ3) is 2.31. The molecule has 1 fully saturated rings. The van der Waals surface area contributed by atoms with Crippen molar-refractivity contribution in [3.8, 4) is 0 Å². The van der Waals surface area contributed by atoms with Crippen LogP contribution in [0, 0.1) is 11.8 Å². The maximum absolute atomic E-state index is 4.03. The molecule has 15 heavy (non-hydrogen) atoms. The summed E-state index contributed by atoms with van der Waals surface area (Å²) in [7, 11) is 0. The lowest BCUT2D eigenvalue weighted by molar-refractivity contribution is 0.392. The molecule has 1 aromatic rings. The molecule has 3 atom stereocenters. The van der Waals surface area contributed by atoms with Crippen molar-refractivity contribution in [3.05, 3.63) is 24.5 Å². The molecule has 2 heteroatoms. The Kier molecular flexibility index (Phi) is 3.24. The number of pyridine rings is 1. The van der Waals surface area contributed by atoms with E-state index >= 15 is 0 Å². The van der Waals surface area contributed by atoms with Crippen LogP contribution in [-0.2, 0) is 0 Å². The summed E-state index contributed by atoms with van der Waals surface area (Å²) in [6, 6.07) is 4.75. The van der Waals surface area contributed by atoms with Gasteiger partial charge in [0, 0.05) is 24.1 Å². The van der Waals surface area contributed by atoms with Gasteiger partial charge in [-0.2, -0.15) is 0 Å². The topological polar surface area (TPSA) is 24.9 Å². The smallest absolute Gasteiger partial charge is 0.0373 e. The highest BCUT2D eigenvalue weighted by Gasteiger charge is 2.31. The Morgan fingerprint density at radius 1 is 1.33 bits per heavy atom. The first-order valence-corrected chi connectivity index (χ1v) is 5.97. The molecular weight excluding hydrogens is 184 g/mol. The average Bonchev–Trinajstić information content (AvgIpc) is 2.62. The van der Waals surface area contributed by atoms with E-state index in [2.05, 4.69) is 24.1 Å². The third-order valence-electron chi connectivity index (χ3n) is 3.78. The highest BCUT2D eigenvalue weighted by molar-refractivity contribution is 5.42. The molecule has 1 heterocycles. The molecule has 82 valence electrons. The number of hydrogen-bond acceptors (Lipinski definition) is 2. The summed E-state index contributed by atoms with van der Waals surface area (Å²) >= 11 is 0. The number of nitrogens with one attached hydrogen (secondary N) is 1. The summed E-state index contributed by atoms with van der Waals surface area (Å²) in [5, 5.41) is 3.61. The quantitative estimate of drug-likeness (QED) is 0.817. The first-order valence-electron chi connectivity index (χ1n) is 5.97. The lowest BCUT2D eigenvalue weighted by atomic mass is 9.93. The van der Waals surface area contributed by atoms with Gasteiger partial charge in [0.15, 0.2) is 0 Å². The zero-order valence-corrected chi connectivity index (χ0v) is 9.61. The predicted octanol–water partition coefficient (Wildman–Crippen LogP) is 3.32. The van der Waals surface area contributed by atoms with E-state index < -0.39 is 0 Å². The second kappa shape index (κ2) is 4.65. The van der Waals surface area contributed by atoms with Crippen LogP contribution in [-0.4, -0.2) is 11.0 Å². The van der Waals surface area contributed by atoms with Crippen LogP contribution < -0.4 is 5.32 Å². The van der Waals surface area contributed by atoms with Crippen LogP contribution in [0.1, 0.15) is 33.1 Å². The molecule has 1 aliphatic carbocycles. The second-order valence-corrected chi connectivity index (χ2v) is 4.59. The normalized spacial score (nSPS) is 30.4. The van der Waals surface area contributed by atoms with E-state index in [1.807, 2.05) is 24.5 Å². The Morgan fingerprint density at radius 2 is 2.07 bits per heavy atom. The minimum absolute atomic E-state index is 0.650. The molecule has 1 N–H and O–H groups in total. The van der Waals surface area contributed by atoms with Gasteiger partial charge in [-0.25, -0.2) is 0 Å². The Hall–Kier alpha value is -1.05. The zero-order chi connectivity index (χ0) is 10.7. The minimum atomic E-state index is 0.650. The number of anilines is 1. The van der Waals surface area contributed by atoms with Crippen molar-refractivity contribution in [1.82, 2.24) is 4.98 Å². The van der Waals surface area contributed by atoms with Gasteiger partial charge in [-0.05, 0) is 36.8 Å². The summed E-state index contributed by atoms with van der Waals surface area (Å²) in [5.41, 5.74) is 1.21. The van der Waals surface area contributed by atoms with Crippen LogP contribution >= 0.6 is 0 Å². The van der Waals surface area contributed by atoms with Crippen LogP contribution in [0.5, 0.6) is 0 Å². The maximum atomic E-state index is 4.03. The molecule has 0 spiro atoms. The van der Waals surface area contributed by atoms with Gasteiger partial charge in [0.05, 0.1) is 0 Å². The van der Waals surface area contributed by atoms with E-state index in [9.17, 15) is 0 Å². The van der Waals surface area contributed by atoms with Gasteiger partial charge in [-0.3, -0.25) is 4.98 Å². The SMILES string of the molecule is CCC1CCC(Nc2ccncc2)C1C. The molecule has 0 aliphatic heterocycles. The van der Waals surface area contributed by atoms with Crippen molar-refractivity contribution in [2.75, 3.05) is 5.32 Å². The number of aromatic nitrogens is 1. The first-order chi connectivity index (χ1) is 7.31. The fourth-order valence-electron chi connectivity index (χ4n) is 2.69. The van der Waals surface area contributed by atoms with Crippen molar-refractivity contribution in [2.24, 2.45) is 11.8 Å². The molecule has 1 aliphatic rings. The van der Waals surface area contributed by atoms with E-state index in [4.69, 9.17) is 0 Å². The summed E-state index contributed by atoms with van der Waals surface area (Å²) < 4.78 is 0. The highest BCUT2D eigenvalue weighted by atomic mass is 14.9. The minimum Gasteiger partial charge on any atom is -0.382 e. The Morgan fingerprint density at radius 3 is 2.67 bits per heavy atom. The number of hydrogen-bond donors (Lipinski definition) is 1. The maximum Gasteiger partial charge on any atom is 0.0373 e. The number of rotatable bonds is 3. The Labute approximate surface area is 92.1 Å². The fraction of sp³-hybridized carbons (Fsp3) is 0.615. The lowest BCUT2D eigenvalue weighted by Crippen LogP contribution is -2.24.